The molecule has 0 aromatic carbocycles. The lowest BCUT2D eigenvalue weighted by Gasteiger charge is -2.03. The van der Waals surface area contributed by atoms with Gasteiger partial charge in [-0.15, -0.1) is 0 Å². The zero-order valence-corrected chi connectivity index (χ0v) is 7.21. The number of halogens is 3. The number of hydrogen-bond acceptors (Lipinski definition) is 2. The minimum atomic E-state index is -4.41. The normalized spacial score (nSPS) is 12.3. The van der Waals surface area contributed by atoms with Gasteiger partial charge in [0.15, 0.2) is 0 Å². The van der Waals surface area contributed by atoms with E-state index >= 15 is 0 Å². The summed E-state index contributed by atoms with van der Waals surface area (Å²) in [6.45, 7) is 0. The molecule has 6 heteroatoms. The van der Waals surface area contributed by atoms with Crippen LogP contribution in [0.2, 0.25) is 0 Å². The fourth-order valence-electron chi connectivity index (χ4n) is 1.20. The van der Waals surface area contributed by atoms with Gasteiger partial charge in [-0.2, -0.15) is 18.3 Å². The summed E-state index contributed by atoms with van der Waals surface area (Å²) in [5.74, 6) is 0. The third kappa shape index (κ3) is 1.43. The van der Waals surface area contributed by atoms with Crippen molar-refractivity contribution in [3.8, 4) is 0 Å². The van der Waals surface area contributed by atoms with E-state index in [9.17, 15) is 13.2 Å². The van der Waals surface area contributed by atoms with Crippen LogP contribution in [0.4, 0.5) is 13.2 Å². The van der Waals surface area contributed by atoms with Crippen LogP contribution >= 0.6 is 0 Å². The molecule has 2 heterocycles. The lowest BCUT2D eigenvalue weighted by molar-refractivity contribution is -0.141. The SMILES string of the molecule is Cn1cc2cnc(C(F)(F)F)cc2n1. The Morgan fingerprint density at radius 2 is 2.07 bits per heavy atom. The highest BCUT2D eigenvalue weighted by atomic mass is 19.4. The number of fused-ring (bicyclic) bond motifs is 1. The molecule has 2 rings (SSSR count). The van der Waals surface area contributed by atoms with E-state index in [1.165, 1.54) is 10.9 Å². The van der Waals surface area contributed by atoms with Crippen molar-refractivity contribution in [2.75, 3.05) is 0 Å². The second-order valence-electron chi connectivity index (χ2n) is 2.93. The number of aromatic nitrogens is 3. The van der Waals surface area contributed by atoms with E-state index in [-0.39, 0.29) is 0 Å². The van der Waals surface area contributed by atoms with Crippen molar-refractivity contribution >= 4 is 10.9 Å². The molecule has 0 saturated heterocycles. The van der Waals surface area contributed by atoms with E-state index < -0.39 is 11.9 Å². The van der Waals surface area contributed by atoms with Crippen molar-refractivity contribution in [3.63, 3.8) is 0 Å². The van der Waals surface area contributed by atoms with Gasteiger partial charge < -0.3 is 0 Å². The van der Waals surface area contributed by atoms with E-state index in [0.717, 1.165) is 6.07 Å². The Bertz CT molecular complexity index is 472. The Balaban J connectivity index is 2.62. The number of rotatable bonds is 0. The topological polar surface area (TPSA) is 30.7 Å². The van der Waals surface area contributed by atoms with Gasteiger partial charge in [0, 0.05) is 24.8 Å². The lowest BCUT2D eigenvalue weighted by atomic mass is 10.3. The van der Waals surface area contributed by atoms with Gasteiger partial charge in [0.1, 0.15) is 5.69 Å². The first-order valence-electron chi connectivity index (χ1n) is 3.83. The molecule has 0 radical (unpaired) electrons. The zero-order valence-electron chi connectivity index (χ0n) is 7.21. The van der Waals surface area contributed by atoms with E-state index in [0.29, 0.717) is 10.9 Å². The van der Waals surface area contributed by atoms with Crippen LogP contribution in [0.15, 0.2) is 18.5 Å². The predicted octanol–water partition coefficient (Wildman–Crippen LogP) is 1.99. The second-order valence-corrected chi connectivity index (χ2v) is 2.93. The van der Waals surface area contributed by atoms with Gasteiger partial charge in [0.2, 0.25) is 0 Å². The summed E-state index contributed by atoms with van der Waals surface area (Å²) in [6.07, 6.45) is -1.63. The summed E-state index contributed by atoms with van der Waals surface area (Å²) in [5.41, 5.74) is -0.612. The summed E-state index contributed by atoms with van der Waals surface area (Å²) in [4.78, 5) is 3.31. The number of alkyl halides is 3. The molecule has 0 aliphatic heterocycles. The summed E-state index contributed by atoms with van der Waals surface area (Å²) in [6, 6.07) is 0.940. The summed E-state index contributed by atoms with van der Waals surface area (Å²) >= 11 is 0. The van der Waals surface area contributed by atoms with Crippen LogP contribution in [0.5, 0.6) is 0 Å². The fraction of sp³-hybridized carbons (Fsp3) is 0.250. The average Bonchev–Trinajstić information content (AvgIpc) is 2.41. The molecule has 0 spiro atoms. The van der Waals surface area contributed by atoms with Crippen LogP contribution in [0.3, 0.4) is 0 Å². The summed E-state index contributed by atoms with van der Waals surface area (Å²) in [5, 5.41) is 4.46. The Morgan fingerprint density at radius 3 is 2.71 bits per heavy atom. The zero-order chi connectivity index (χ0) is 10.3. The molecular formula is C8H6F3N3. The first-order chi connectivity index (χ1) is 6.47. The number of nitrogens with zero attached hydrogens (tertiary/aromatic N) is 3. The molecule has 0 saturated carbocycles. The van der Waals surface area contributed by atoms with E-state index in [4.69, 9.17) is 0 Å². The van der Waals surface area contributed by atoms with Crippen LogP contribution in [0.25, 0.3) is 10.9 Å². The standard InChI is InChI=1S/C8H6F3N3/c1-14-4-5-3-12-7(8(9,10)11)2-6(5)13-14/h2-4H,1H3. The highest BCUT2D eigenvalue weighted by Gasteiger charge is 2.32. The van der Waals surface area contributed by atoms with Gasteiger partial charge in [0.25, 0.3) is 0 Å². The van der Waals surface area contributed by atoms with Crippen molar-refractivity contribution in [2.24, 2.45) is 7.05 Å². The Morgan fingerprint density at radius 1 is 1.36 bits per heavy atom. The summed E-state index contributed by atoms with van der Waals surface area (Å²) in [7, 11) is 1.65. The Labute approximate surface area is 77.2 Å². The van der Waals surface area contributed by atoms with Crippen molar-refractivity contribution in [1.29, 1.82) is 0 Å². The molecule has 74 valence electrons. The molecule has 0 atom stereocenters. The first-order valence-corrected chi connectivity index (χ1v) is 3.83. The first kappa shape index (κ1) is 8.98. The Kier molecular flexibility index (Phi) is 1.73. The molecule has 14 heavy (non-hydrogen) atoms. The van der Waals surface area contributed by atoms with Gasteiger partial charge in [-0.1, -0.05) is 0 Å². The molecule has 0 bridgehead atoms. The molecule has 0 unspecified atom stereocenters. The smallest absolute Gasteiger partial charge is 0.275 e. The molecule has 0 amide bonds. The molecular weight excluding hydrogens is 195 g/mol. The van der Waals surface area contributed by atoms with Crippen molar-refractivity contribution in [3.05, 3.63) is 24.2 Å². The van der Waals surface area contributed by atoms with Crippen LogP contribution < -0.4 is 0 Å². The average molecular weight is 201 g/mol. The largest absolute Gasteiger partial charge is 0.433 e. The number of aryl methyl sites for hydroxylation is 1. The minimum absolute atomic E-state index is 0.301. The van der Waals surface area contributed by atoms with E-state index in [1.54, 1.807) is 13.2 Å². The van der Waals surface area contributed by atoms with Gasteiger partial charge in [0.05, 0.1) is 5.52 Å². The number of pyridine rings is 1. The Hall–Kier alpha value is -1.59. The van der Waals surface area contributed by atoms with E-state index in [2.05, 4.69) is 10.1 Å². The monoisotopic (exact) mass is 201 g/mol. The third-order valence-corrected chi connectivity index (χ3v) is 1.79. The molecule has 2 aromatic rings. The molecule has 0 aliphatic carbocycles. The number of hydrogen-bond donors (Lipinski definition) is 0. The maximum atomic E-state index is 12.2. The van der Waals surface area contributed by atoms with Crippen LogP contribution in [0.1, 0.15) is 5.69 Å². The maximum Gasteiger partial charge on any atom is 0.433 e. The molecule has 0 N–H and O–H groups in total. The van der Waals surface area contributed by atoms with Gasteiger partial charge >= 0.3 is 6.18 Å². The van der Waals surface area contributed by atoms with Crippen molar-refractivity contribution in [2.45, 2.75) is 6.18 Å². The van der Waals surface area contributed by atoms with Gasteiger partial charge in [-0.05, 0) is 6.07 Å². The van der Waals surface area contributed by atoms with Crippen LogP contribution in [-0.4, -0.2) is 14.8 Å². The minimum Gasteiger partial charge on any atom is -0.275 e. The fourth-order valence-corrected chi connectivity index (χ4v) is 1.20. The highest BCUT2D eigenvalue weighted by Crippen LogP contribution is 2.28. The molecule has 3 nitrogen and oxygen atoms in total. The highest BCUT2D eigenvalue weighted by molar-refractivity contribution is 5.77. The molecule has 0 aliphatic rings. The summed E-state index contributed by atoms with van der Waals surface area (Å²) < 4.78 is 38.1. The van der Waals surface area contributed by atoms with Crippen LogP contribution in [-0.2, 0) is 13.2 Å². The predicted molar refractivity (Wildman–Crippen MR) is 43.5 cm³/mol. The molecule has 0 fully saturated rings. The van der Waals surface area contributed by atoms with Crippen molar-refractivity contribution in [1.82, 2.24) is 14.8 Å². The van der Waals surface area contributed by atoms with Crippen LogP contribution in [0, 0.1) is 0 Å². The van der Waals surface area contributed by atoms with E-state index in [1.807, 2.05) is 0 Å². The van der Waals surface area contributed by atoms with Gasteiger partial charge in [-0.25, -0.2) is 0 Å². The molecule has 2 aromatic heterocycles. The second kappa shape index (κ2) is 2.70. The quantitative estimate of drug-likeness (QED) is 0.652. The van der Waals surface area contributed by atoms with Crippen molar-refractivity contribution < 1.29 is 13.2 Å². The maximum absolute atomic E-state index is 12.2. The third-order valence-electron chi connectivity index (χ3n) is 1.79. The van der Waals surface area contributed by atoms with Gasteiger partial charge in [-0.3, -0.25) is 9.67 Å². The lowest BCUT2D eigenvalue weighted by Crippen LogP contribution is -2.07.